The van der Waals surface area contributed by atoms with E-state index in [-0.39, 0.29) is 24.2 Å². The molecule has 1 aromatic rings. The average Bonchev–Trinajstić information content (AvgIpc) is 2.21. The Balaban J connectivity index is 3.28. The van der Waals surface area contributed by atoms with E-state index in [0.29, 0.717) is 0 Å². The molecular formula is C9H8F3N3. The highest BCUT2D eigenvalue weighted by atomic mass is 19.3. The van der Waals surface area contributed by atoms with Crippen molar-refractivity contribution in [2.75, 3.05) is 0 Å². The third-order valence-electron chi connectivity index (χ3n) is 1.80. The van der Waals surface area contributed by atoms with Gasteiger partial charge in [0, 0.05) is 12.1 Å². The molecule has 0 atom stereocenters. The molecule has 0 bridgehead atoms. The normalized spacial score (nSPS) is 10.4. The Labute approximate surface area is 84.3 Å². The first-order valence-corrected chi connectivity index (χ1v) is 4.13. The zero-order valence-corrected chi connectivity index (χ0v) is 7.67. The number of nitrogens with two attached hydrogens (primary N) is 1. The minimum atomic E-state index is -3.01. The number of nitriles is 1. The topological polar surface area (TPSA) is 62.7 Å². The van der Waals surface area contributed by atoms with Gasteiger partial charge in [-0.3, -0.25) is 0 Å². The molecule has 0 saturated heterocycles. The molecule has 0 amide bonds. The molecule has 3 nitrogen and oxygen atoms in total. The van der Waals surface area contributed by atoms with Crippen LogP contribution in [0.5, 0.6) is 0 Å². The second kappa shape index (κ2) is 4.75. The maximum absolute atomic E-state index is 13.3. The van der Waals surface area contributed by atoms with Gasteiger partial charge in [0.1, 0.15) is 5.69 Å². The van der Waals surface area contributed by atoms with E-state index in [9.17, 15) is 13.2 Å². The fraction of sp³-hybridized carbons (Fsp3) is 0.333. The number of aromatic nitrogens is 1. The lowest BCUT2D eigenvalue weighted by atomic mass is 10.1. The summed E-state index contributed by atoms with van der Waals surface area (Å²) in [5, 5.41) is 8.38. The molecule has 0 spiro atoms. The number of nitrogens with zero attached hydrogens (tertiary/aromatic N) is 2. The highest BCUT2D eigenvalue weighted by molar-refractivity contribution is 5.27. The summed E-state index contributed by atoms with van der Waals surface area (Å²) in [4.78, 5) is 3.37. The monoisotopic (exact) mass is 215 g/mol. The van der Waals surface area contributed by atoms with Gasteiger partial charge < -0.3 is 5.73 Å². The molecule has 0 radical (unpaired) electrons. The highest BCUT2D eigenvalue weighted by Crippen LogP contribution is 2.23. The van der Waals surface area contributed by atoms with Crippen molar-refractivity contribution in [1.29, 1.82) is 5.26 Å². The van der Waals surface area contributed by atoms with E-state index in [0.717, 1.165) is 0 Å². The van der Waals surface area contributed by atoms with E-state index in [2.05, 4.69) is 4.98 Å². The predicted molar refractivity (Wildman–Crippen MR) is 46.4 cm³/mol. The number of hydrogen-bond acceptors (Lipinski definition) is 3. The highest BCUT2D eigenvalue weighted by Gasteiger charge is 2.19. The van der Waals surface area contributed by atoms with Crippen molar-refractivity contribution < 1.29 is 13.2 Å². The molecule has 1 rings (SSSR count). The molecule has 1 heterocycles. The number of pyridine rings is 1. The Morgan fingerprint density at radius 3 is 2.67 bits per heavy atom. The van der Waals surface area contributed by atoms with Gasteiger partial charge in [-0.25, -0.2) is 18.2 Å². The van der Waals surface area contributed by atoms with E-state index in [4.69, 9.17) is 11.0 Å². The molecule has 1 aromatic heterocycles. The lowest BCUT2D eigenvalue weighted by Gasteiger charge is -2.07. The second-order valence-corrected chi connectivity index (χ2v) is 2.81. The molecule has 0 aromatic carbocycles. The standard InChI is InChI=1S/C9H8F3N3/c10-7-5(1-2-13)3-6(4-14)15-8(7)9(11)12/h3,9H,1,4,14H2. The molecule has 0 unspecified atom stereocenters. The quantitative estimate of drug-likeness (QED) is 0.834. The van der Waals surface area contributed by atoms with Crippen molar-refractivity contribution in [2.24, 2.45) is 5.73 Å². The lowest BCUT2D eigenvalue weighted by Crippen LogP contribution is -2.08. The lowest BCUT2D eigenvalue weighted by molar-refractivity contribution is 0.140. The van der Waals surface area contributed by atoms with Crippen molar-refractivity contribution >= 4 is 0 Å². The van der Waals surface area contributed by atoms with Gasteiger partial charge in [0.05, 0.1) is 18.2 Å². The van der Waals surface area contributed by atoms with Gasteiger partial charge in [0.2, 0.25) is 0 Å². The van der Waals surface area contributed by atoms with Gasteiger partial charge in [-0.2, -0.15) is 5.26 Å². The maximum atomic E-state index is 13.3. The third-order valence-corrected chi connectivity index (χ3v) is 1.80. The number of halogens is 3. The smallest absolute Gasteiger partial charge is 0.283 e. The average molecular weight is 215 g/mol. The van der Waals surface area contributed by atoms with Gasteiger partial charge >= 0.3 is 0 Å². The summed E-state index contributed by atoms with van der Waals surface area (Å²) in [6.07, 6.45) is -3.28. The molecule has 0 saturated carbocycles. The van der Waals surface area contributed by atoms with Gasteiger partial charge in [-0.05, 0) is 6.07 Å². The molecule has 80 valence electrons. The molecule has 2 N–H and O–H groups in total. The molecule has 0 aliphatic heterocycles. The zero-order valence-electron chi connectivity index (χ0n) is 7.67. The van der Waals surface area contributed by atoms with E-state index in [1.54, 1.807) is 6.07 Å². The SMILES string of the molecule is N#CCc1cc(CN)nc(C(F)F)c1F. The summed E-state index contributed by atoms with van der Waals surface area (Å²) >= 11 is 0. The third kappa shape index (κ3) is 2.44. The zero-order chi connectivity index (χ0) is 11.4. The van der Waals surface area contributed by atoms with Crippen LogP contribution in [0.25, 0.3) is 0 Å². The van der Waals surface area contributed by atoms with Crippen LogP contribution in [-0.4, -0.2) is 4.98 Å². The van der Waals surface area contributed by atoms with Crippen LogP contribution in [0.15, 0.2) is 6.07 Å². The molecule has 15 heavy (non-hydrogen) atoms. The van der Waals surface area contributed by atoms with Crippen LogP contribution >= 0.6 is 0 Å². The second-order valence-electron chi connectivity index (χ2n) is 2.81. The van der Waals surface area contributed by atoms with Crippen LogP contribution < -0.4 is 5.73 Å². The minimum absolute atomic E-state index is 0.0710. The summed E-state index contributed by atoms with van der Waals surface area (Å²) < 4.78 is 38.0. The van der Waals surface area contributed by atoms with Crippen molar-refractivity contribution in [3.63, 3.8) is 0 Å². The summed E-state index contributed by atoms with van der Waals surface area (Å²) in [7, 11) is 0. The number of hydrogen-bond donors (Lipinski definition) is 1. The van der Waals surface area contributed by atoms with Gasteiger partial charge in [0.15, 0.2) is 5.82 Å². The Kier molecular flexibility index (Phi) is 3.63. The van der Waals surface area contributed by atoms with Gasteiger partial charge in [-0.1, -0.05) is 0 Å². The Bertz CT molecular complexity index is 398. The molecule has 0 aliphatic rings. The minimum Gasteiger partial charge on any atom is -0.325 e. The first kappa shape index (κ1) is 11.5. The van der Waals surface area contributed by atoms with Gasteiger partial charge in [0.25, 0.3) is 6.43 Å². The molecular weight excluding hydrogens is 207 g/mol. The fourth-order valence-electron chi connectivity index (χ4n) is 1.13. The molecule has 6 heteroatoms. The van der Waals surface area contributed by atoms with Crippen LogP contribution in [0.1, 0.15) is 23.4 Å². The van der Waals surface area contributed by atoms with E-state index >= 15 is 0 Å². The number of rotatable bonds is 3. The largest absolute Gasteiger partial charge is 0.325 e. The summed E-state index contributed by atoms with van der Waals surface area (Å²) in [5.74, 6) is -1.12. The van der Waals surface area contributed by atoms with Crippen LogP contribution in [0.3, 0.4) is 0 Å². The van der Waals surface area contributed by atoms with Gasteiger partial charge in [-0.15, -0.1) is 0 Å². The Morgan fingerprint density at radius 2 is 2.20 bits per heavy atom. The maximum Gasteiger partial charge on any atom is 0.283 e. The van der Waals surface area contributed by atoms with Crippen molar-refractivity contribution in [1.82, 2.24) is 4.98 Å². The van der Waals surface area contributed by atoms with Crippen LogP contribution in [-0.2, 0) is 13.0 Å². The molecule has 0 fully saturated rings. The summed E-state index contributed by atoms with van der Waals surface area (Å²) in [5.41, 5.74) is 4.34. The van der Waals surface area contributed by atoms with E-state index < -0.39 is 17.9 Å². The summed E-state index contributed by atoms with van der Waals surface area (Å²) in [6.45, 7) is -0.0710. The van der Waals surface area contributed by atoms with Crippen molar-refractivity contribution in [2.45, 2.75) is 19.4 Å². The van der Waals surface area contributed by atoms with E-state index in [1.807, 2.05) is 0 Å². The van der Waals surface area contributed by atoms with Crippen LogP contribution in [0.4, 0.5) is 13.2 Å². The first-order chi connectivity index (χ1) is 7.10. The Morgan fingerprint density at radius 1 is 1.53 bits per heavy atom. The first-order valence-electron chi connectivity index (χ1n) is 4.13. The Hall–Kier alpha value is -1.61. The van der Waals surface area contributed by atoms with Crippen molar-refractivity contribution in [3.8, 4) is 6.07 Å². The van der Waals surface area contributed by atoms with E-state index in [1.165, 1.54) is 6.07 Å². The fourth-order valence-corrected chi connectivity index (χ4v) is 1.13. The predicted octanol–water partition coefficient (Wildman–Crippen LogP) is 1.68. The van der Waals surface area contributed by atoms with Crippen LogP contribution in [0, 0.1) is 17.1 Å². The molecule has 0 aliphatic carbocycles. The number of alkyl halides is 2. The summed E-state index contributed by atoms with van der Waals surface area (Å²) in [6, 6.07) is 2.92. The van der Waals surface area contributed by atoms with Crippen molar-refractivity contribution in [3.05, 3.63) is 28.8 Å². The van der Waals surface area contributed by atoms with Crippen LogP contribution in [0.2, 0.25) is 0 Å².